The molecule has 5 rings (SSSR count). The molecule has 2 nitrogen and oxygen atoms in total. The van der Waals surface area contributed by atoms with Crippen LogP contribution in [0.4, 0.5) is 0 Å². The van der Waals surface area contributed by atoms with Gasteiger partial charge < -0.3 is 4.90 Å². The zero-order chi connectivity index (χ0) is 16.9. The predicted octanol–water partition coefficient (Wildman–Crippen LogP) is 4.68. The third-order valence-corrected chi connectivity index (χ3v) is 6.84. The van der Waals surface area contributed by atoms with Gasteiger partial charge in [0.2, 0.25) is 0 Å². The SMILES string of the molecule is O=C(c1ccc(C2CCC2)cc1)N1CCC2(CCc3ccccc32)C1. The Hall–Kier alpha value is -2.09. The average molecular weight is 331 g/mol. The lowest BCUT2D eigenvalue weighted by Crippen LogP contribution is -2.33. The number of rotatable bonds is 2. The number of likely N-dealkylation sites (tertiary alicyclic amines) is 1. The van der Waals surface area contributed by atoms with Gasteiger partial charge in [0.05, 0.1) is 0 Å². The molecule has 2 aromatic carbocycles. The van der Waals surface area contributed by atoms with Gasteiger partial charge in [-0.1, -0.05) is 42.8 Å². The van der Waals surface area contributed by atoms with E-state index in [0.717, 1.165) is 37.4 Å². The zero-order valence-corrected chi connectivity index (χ0v) is 14.7. The molecule has 3 aliphatic rings. The van der Waals surface area contributed by atoms with Crippen molar-refractivity contribution in [2.75, 3.05) is 13.1 Å². The van der Waals surface area contributed by atoms with Crippen LogP contribution in [0.15, 0.2) is 48.5 Å². The molecule has 0 bridgehead atoms. The second-order valence-corrected chi connectivity index (χ2v) is 8.16. The molecule has 1 amide bonds. The third kappa shape index (κ3) is 2.42. The summed E-state index contributed by atoms with van der Waals surface area (Å²) in [6.45, 7) is 1.77. The Morgan fingerprint density at radius 2 is 1.80 bits per heavy atom. The number of fused-ring (bicyclic) bond motifs is 2. The Labute approximate surface area is 149 Å². The van der Waals surface area contributed by atoms with Crippen molar-refractivity contribution in [2.24, 2.45) is 0 Å². The number of amides is 1. The van der Waals surface area contributed by atoms with E-state index in [1.165, 1.54) is 42.4 Å². The van der Waals surface area contributed by atoms with Gasteiger partial charge in [0.1, 0.15) is 0 Å². The summed E-state index contributed by atoms with van der Waals surface area (Å²) >= 11 is 0. The molecule has 0 radical (unpaired) electrons. The van der Waals surface area contributed by atoms with Gasteiger partial charge in [-0.15, -0.1) is 0 Å². The first kappa shape index (κ1) is 15.2. The molecule has 2 aliphatic carbocycles. The summed E-state index contributed by atoms with van der Waals surface area (Å²) in [7, 11) is 0. The Morgan fingerprint density at radius 3 is 2.56 bits per heavy atom. The molecule has 1 spiro atoms. The van der Waals surface area contributed by atoms with E-state index in [2.05, 4.69) is 41.3 Å². The summed E-state index contributed by atoms with van der Waals surface area (Å²) in [5, 5.41) is 0. The highest BCUT2D eigenvalue weighted by atomic mass is 16.2. The van der Waals surface area contributed by atoms with Crippen molar-refractivity contribution in [3.8, 4) is 0 Å². The standard InChI is InChI=1S/C23H25NO/c25-22(20-10-8-18(9-11-20)17-5-3-6-17)24-15-14-23(16-24)13-12-19-4-1-2-7-21(19)23/h1-2,4,7-11,17H,3,5-6,12-16H2. The highest BCUT2D eigenvalue weighted by Gasteiger charge is 2.45. The van der Waals surface area contributed by atoms with Crippen LogP contribution in [-0.4, -0.2) is 23.9 Å². The van der Waals surface area contributed by atoms with E-state index in [9.17, 15) is 4.79 Å². The van der Waals surface area contributed by atoms with Crippen molar-refractivity contribution >= 4 is 5.91 Å². The van der Waals surface area contributed by atoms with Gasteiger partial charge in [0.25, 0.3) is 5.91 Å². The van der Waals surface area contributed by atoms with Crippen molar-refractivity contribution in [1.82, 2.24) is 4.90 Å². The fraction of sp³-hybridized carbons (Fsp3) is 0.435. The summed E-state index contributed by atoms with van der Waals surface area (Å²) in [4.78, 5) is 15.1. The number of carbonyl (C=O) groups excluding carboxylic acids is 1. The maximum absolute atomic E-state index is 13.0. The topological polar surface area (TPSA) is 20.3 Å². The molecule has 1 saturated heterocycles. The number of hydrogen-bond acceptors (Lipinski definition) is 1. The minimum absolute atomic E-state index is 0.206. The van der Waals surface area contributed by atoms with Gasteiger partial charge in [-0.25, -0.2) is 0 Å². The second-order valence-electron chi connectivity index (χ2n) is 8.16. The minimum atomic E-state index is 0.206. The maximum Gasteiger partial charge on any atom is 0.253 e. The van der Waals surface area contributed by atoms with Crippen LogP contribution in [0.1, 0.15) is 65.1 Å². The Balaban J connectivity index is 1.34. The minimum Gasteiger partial charge on any atom is -0.338 e. The molecule has 0 N–H and O–H groups in total. The van der Waals surface area contributed by atoms with Crippen LogP contribution in [0.3, 0.4) is 0 Å². The molecule has 1 saturated carbocycles. The molecule has 1 heterocycles. The van der Waals surface area contributed by atoms with E-state index in [-0.39, 0.29) is 11.3 Å². The number of nitrogens with zero attached hydrogens (tertiary/aromatic N) is 1. The van der Waals surface area contributed by atoms with E-state index in [1.54, 1.807) is 0 Å². The largest absolute Gasteiger partial charge is 0.338 e. The molecule has 2 fully saturated rings. The normalized spacial score (nSPS) is 25.2. The van der Waals surface area contributed by atoms with E-state index in [1.807, 2.05) is 12.1 Å². The molecular formula is C23H25NO. The summed E-state index contributed by atoms with van der Waals surface area (Å²) in [5.74, 6) is 0.940. The van der Waals surface area contributed by atoms with E-state index >= 15 is 0 Å². The highest BCUT2D eigenvalue weighted by molar-refractivity contribution is 5.94. The van der Waals surface area contributed by atoms with Crippen LogP contribution in [0.25, 0.3) is 0 Å². The van der Waals surface area contributed by atoms with Crippen LogP contribution in [0.5, 0.6) is 0 Å². The van der Waals surface area contributed by atoms with Crippen LogP contribution < -0.4 is 0 Å². The quantitative estimate of drug-likeness (QED) is 0.782. The molecule has 1 unspecified atom stereocenters. The third-order valence-electron chi connectivity index (χ3n) is 6.84. The van der Waals surface area contributed by atoms with Crippen LogP contribution in [-0.2, 0) is 11.8 Å². The molecule has 128 valence electrons. The van der Waals surface area contributed by atoms with Crippen LogP contribution in [0, 0.1) is 0 Å². The Kier molecular flexibility index (Phi) is 3.48. The van der Waals surface area contributed by atoms with Crippen LogP contribution in [0.2, 0.25) is 0 Å². The van der Waals surface area contributed by atoms with Crippen LogP contribution >= 0.6 is 0 Å². The first-order valence-corrected chi connectivity index (χ1v) is 9.73. The van der Waals surface area contributed by atoms with Crippen molar-refractivity contribution < 1.29 is 4.79 Å². The second kappa shape index (κ2) is 5.72. The number of aryl methyl sites for hydroxylation is 1. The lowest BCUT2D eigenvalue weighted by atomic mass is 9.80. The summed E-state index contributed by atoms with van der Waals surface area (Å²) < 4.78 is 0. The zero-order valence-electron chi connectivity index (χ0n) is 14.7. The predicted molar refractivity (Wildman–Crippen MR) is 100.0 cm³/mol. The van der Waals surface area contributed by atoms with Crippen molar-refractivity contribution in [1.29, 1.82) is 0 Å². The average Bonchev–Trinajstić information content (AvgIpc) is 3.20. The first-order valence-electron chi connectivity index (χ1n) is 9.73. The van der Waals surface area contributed by atoms with Gasteiger partial charge in [0, 0.05) is 24.1 Å². The fourth-order valence-electron chi connectivity index (χ4n) is 5.06. The van der Waals surface area contributed by atoms with Crippen molar-refractivity contribution in [2.45, 2.75) is 49.9 Å². The molecule has 0 aromatic heterocycles. The molecular weight excluding hydrogens is 306 g/mol. The van der Waals surface area contributed by atoms with Gasteiger partial charge >= 0.3 is 0 Å². The van der Waals surface area contributed by atoms with Gasteiger partial charge in [-0.2, -0.15) is 0 Å². The summed E-state index contributed by atoms with van der Waals surface area (Å²) in [6.07, 6.45) is 7.42. The molecule has 25 heavy (non-hydrogen) atoms. The maximum atomic E-state index is 13.0. The summed E-state index contributed by atoms with van der Waals surface area (Å²) in [5.41, 5.74) is 5.45. The Morgan fingerprint density at radius 1 is 1.00 bits per heavy atom. The smallest absolute Gasteiger partial charge is 0.253 e. The molecule has 1 atom stereocenters. The number of carbonyl (C=O) groups is 1. The lowest BCUT2D eigenvalue weighted by molar-refractivity contribution is 0.0783. The molecule has 2 heteroatoms. The summed E-state index contributed by atoms with van der Waals surface area (Å²) in [6, 6.07) is 17.3. The number of benzene rings is 2. The highest BCUT2D eigenvalue weighted by Crippen LogP contribution is 2.45. The van der Waals surface area contributed by atoms with Crippen molar-refractivity contribution in [3.05, 3.63) is 70.8 Å². The monoisotopic (exact) mass is 331 g/mol. The van der Waals surface area contributed by atoms with E-state index in [4.69, 9.17) is 0 Å². The van der Waals surface area contributed by atoms with E-state index < -0.39 is 0 Å². The van der Waals surface area contributed by atoms with Crippen molar-refractivity contribution in [3.63, 3.8) is 0 Å². The van der Waals surface area contributed by atoms with Gasteiger partial charge in [0.15, 0.2) is 0 Å². The molecule has 1 aliphatic heterocycles. The van der Waals surface area contributed by atoms with Gasteiger partial charge in [-0.05, 0) is 66.8 Å². The fourth-order valence-corrected chi connectivity index (χ4v) is 5.06. The Bertz CT molecular complexity index is 805. The van der Waals surface area contributed by atoms with E-state index in [0.29, 0.717) is 0 Å². The number of hydrogen-bond donors (Lipinski definition) is 0. The first-order chi connectivity index (χ1) is 12.3. The molecule has 2 aromatic rings. The van der Waals surface area contributed by atoms with Gasteiger partial charge in [-0.3, -0.25) is 4.79 Å². The lowest BCUT2D eigenvalue weighted by Gasteiger charge is -2.26.